The maximum Gasteiger partial charge on any atom is 0.268 e. The Labute approximate surface area is 157 Å². The second-order valence-corrected chi connectivity index (χ2v) is 6.05. The average Bonchev–Trinajstić information content (AvgIpc) is 3.20. The van der Waals surface area contributed by atoms with Crippen molar-refractivity contribution in [1.82, 2.24) is 10.6 Å². The van der Waals surface area contributed by atoms with Crippen molar-refractivity contribution in [3.8, 4) is 0 Å². The van der Waals surface area contributed by atoms with Crippen molar-refractivity contribution in [2.45, 2.75) is 13.5 Å². The second-order valence-electron chi connectivity index (χ2n) is 6.05. The fraction of sp³-hybridized carbons (Fsp3) is 0.0909. The predicted octanol–water partition coefficient (Wildman–Crippen LogP) is 3.68. The largest absolute Gasteiger partial charge is 0.467 e. The summed E-state index contributed by atoms with van der Waals surface area (Å²) in [6.45, 7) is 2.18. The number of furan rings is 1. The number of carbonyl (C=O) groups is 2. The van der Waals surface area contributed by atoms with Gasteiger partial charge in [-0.1, -0.05) is 48.0 Å². The fourth-order valence-corrected chi connectivity index (χ4v) is 2.45. The molecule has 5 heteroatoms. The van der Waals surface area contributed by atoms with Crippen molar-refractivity contribution >= 4 is 17.9 Å². The van der Waals surface area contributed by atoms with E-state index in [-0.39, 0.29) is 18.1 Å². The first-order chi connectivity index (χ1) is 13.1. The number of hydrogen-bond acceptors (Lipinski definition) is 3. The van der Waals surface area contributed by atoms with Gasteiger partial charge < -0.3 is 15.1 Å². The van der Waals surface area contributed by atoms with Crippen LogP contribution in [0.3, 0.4) is 0 Å². The zero-order valence-corrected chi connectivity index (χ0v) is 14.9. The van der Waals surface area contributed by atoms with E-state index in [1.54, 1.807) is 36.6 Å². The summed E-state index contributed by atoms with van der Waals surface area (Å²) in [4.78, 5) is 25.2. The Morgan fingerprint density at radius 3 is 2.37 bits per heavy atom. The van der Waals surface area contributed by atoms with Crippen LogP contribution >= 0.6 is 0 Å². The van der Waals surface area contributed by atoms with Gasteiger partial charge in [-0.3, -0.25) is 9.59 Å². The van der Waals surface area contributed by atoms with Crippen LogP contribution in [0.5, 0.6) is 0 Å². The van der Waals surface area contributed by atoms with E-state index in [2.05, 4.69) is 10.6 Å². The zero-order valence-electron chi connectivity index (χ0n) is 14.9. The van der Waals surface area contributed by atoms with E-state index < -0.39 is 5.91 Å². The molecule has 0 unspecified atom stereocenters. The highest BCUT2D eigenvalue weighted by molar-refractivity contribution is 6.05. The Morgan fingerprint density at radius 1 is 0.963 bits per heavy atom. The van der Waals surface area contributed by atoms with Gasteiger partial charge in [-0.05, 0) is 42.8 Å². The summed E-state index contributed by atoms with van der Waals surface area (Å²) in [5, 5.41) is 5.47. The molecule has 5 nitrogen and oxygen atoms in total. The summed E-state index contributed by atoms with van der Waals surface area (Å²) in [6.07, 6.45) is 3.19. The van der Waals surface area contributed by atoms with Gasteiger partial charge in [0.1, 0.15) is 11.5 Å². The number of amides is 2. The molecule has 136 valence electrons. The summed E-state index contributed by atoms with van der Waals surface area (Å²) in [7, 11) is 0. The molecule has 2 amide bonds. The Hall–Kier alpha value is -3.60. The molecule has 0 atom stereocenters. The van der Waals surface area contributed by atoms with Crippen LogP contribution in [0.4, 0.5) is 0 Å². The number of carbonyl (C=O) groups excluding carboxylic acids is 2. The summed E-state index contributed by atoms with van der Waals surface area (Å²) in [6, 6.07) is 20.0. The minimum absolute atomic E-state index is 0.165. The molecule has 2 N–H and O–H groups in total. The Bertz CT molecular complexity index is 927. The van der Waals surface area contributed by atoms with Crippen LogP contribution in [0.25, 0.3) is 6.08 Å². The molecular formula is C22H20N2O3. The topological polar surface area (TPSA) is 71.3 Å². The lowest BCUT2D eigenvalue weighted by Crippen LogP contribution is -2.34. The highest BCUT2D eigenvalue weighted by Crippen LogP contribution is 2.09. The highest BCUT2D eigenvalue weighted by Gasteiger charge is 2.15. The lowest BCUT2D eigenvalue weighted by molar-refractivity contribution is -0.118. The van der Waals surface area contributed by atoms with Crippen molar-refractivity contribution in [3.63, 3.8) is 0 Å². The monoisotopic (exact) mass is 360 g/mol. The van der Waals surface area contributed by atoms with Crippen LogP contribution in [0.2, 0.25) is 0 Å². The lowest BCUT2D eigenvalue weighted by Gasteiger charge is -2.11. The fourth-order valence-electron chi connectivity index (χ4n) is 2.45. The van der Waals surface area contributed by atoms with Crippen molar-refractivity contribution in [3.05, 3.63) is 101 Å². The van der Waals surface area contributed by atoms with E-state index in [4.69, 9.17) is 4.42 Å². The van der Waals surface area contributed by atoms with Gasteiger partial charge in [-0.2, -0.15) is 0 Å². The molecule has 1 aromatic heterocycles. The van der Waals surface area contributed by atoms with Crippen LogP contribution in [0.1, 0.15) is 27.2 Å². The first-order valence-electron chi connectivity index (χ1n) is 8.57. The van der Waals surface area contributed by atoms with Crippen LogP contribution in [-0.4, -0.2) is 11.8 Å². The number of aryl methyl sites for hydroxylation is 1. The van der Waals surface area contributed by atoms with Crippen molar-refractivity contribution in [1.29, 1.82) is 0 Å². The highest BCUT2D eigenvalue weighted by atomic mass is 16.3. The van der Waals surface area contributed by atoms with E-state index in [0.29, 0.717) is 11.3 Å². The van der Waals surface area contributed by atoms with Crippen LogP contribution in [-0.2, 0) is 11.3 Å². The molecule has 1 heterocycles. The van der Waals surface area contributed by atoms with Crippen LogP contribution in [0.15, 0.2) is 83.1 Å². The Morgan fingerprint density at radius 2 is 1.70 bits per heavy atom. The maximum atomic E-state index is 12.6. The molecule has 0 aliphatic rings. The molecule has 3 rings (SSSR count). The van der Waals surface area contributed by atoms with Gasteiger partial charge in [0, 0.05) is 5.56 Å². The molecule has 0 spiro atoms. The minimum atomic E-state index is -0.393. The number of benzene rings is 2. The number of rotatable bonds is 6. The molecule has 0 saturated heterocycles. The van der Waals surface area contributed by atoms with E-state index in [1.807, 2.05) is 49.4 Å². The van der Waals surface area contributed by atoms with E-state index in [0.717, 1.165) is 11.1 Å². The average molecular weight is 360 g/mol. The van der Waals surface area contributed by atoms with E-state index >= 15 is 0 Å². The van der Waals surface area contributed by atoms with Gasteiger partial charge in [0.25, 0.3) is 11.8 Å². The van der Waals surface area contributed by atoms with Gasteiger partial charge in [0.05, 0.1) is 12.8 Å². The third-order valence-electron chi connectivity index (χ3n) is 3.92. The molecule has 0 aliphatic heterocycles. The summed E-state index contributed by atoms with van der Waals surface area (Å²) in [5.41, 5.74) is 2.52. The summed E-state index contributed by atoms with van der Waals surface area (Å²) in [5.74, 6) is -0.103. The minimum Gasteiger partial charge on any atom is -0.467 e. The molecule has 0 fully saturated rings. The third kappa shape index (κ3) is 5.19. The van der Waals surface area contributed by atoms with E-state index in [9.17, 15) is 9.59 Å². The SMILES string of the molecule is Cc1ccc(C(=O)N/C(=C\c2ccccc2)C(=O)NCc2ccco2)cc1. The van der Waals surface area contributed by atoms with Crippen LogP contribution in [0, 0.1) is 6.92 Å². The lowest BCUT2D eigenvalue weighted by atomic mass is 10.1. The van der Waals surface area contributed by atoms with Gasteiger partial charge in [0.2, 0.25) is 0 Å². The molecule has 2 aromatic carbocycles. The molecule has 0 aliphatic carbocycles. The normalized spacial score (nSPS) is 11.1. The molecule has 3 aromatic rings. The summed E-state index contributed by atoms with van der Waals surface area (Å²) >= 11 is 0. The van der Waals surface area contributed by atoms with Crippen LogP contribution < -0.4 is 10.6 Å². The zero-order chi connectivity index (χ0) is 19.1. The predicted molar refractivity (Wildman–Crippen MR) is 104 cm³/mol. The molecule has 0 saturated carbocycles. The van der Waals surface area contributed by atoms with Gasteiger partial charge >= 0.3 is 0 Å². The first-order valence-corrected chi connectivity index (χ1v) is 8.57. The second kappa shape index (κ2) is 8.67. The first kappa shape index (κ1) is 18.2. The van der Waals surface area contributed by atoms with Crippen molar-refractivity contribution < 1.29 is 14.0 Å². The third-order valence-corrected chi connectivity index (χ3v) is 3.92. The van der Waals surface area contributed by atoms with E-state index in [1.165, 1.54) is 0 Å². The number of hydrogen-bond donors (Lipinski definition) is 2. The molecule has 27 heavy (non-hydrogen) atoms. The van der Waals surface area contributed by atoms with Crippen molar-refractivity contribution in [2.24, 2.45) is 0 Å². The van der Waals surface area contributed by atoms with Gasteiger partial charge in [-0.15, -0.1) is 0 Å². The quantitative estimate of drug-likeness (QED) is 0.659. The van der Waals surface area contributed by atoms with Gasteiger partial charge in [-0.25, -0.2) is 0 Å². The number of nitrogens with one attached hydrogen (secondary N) is 2. The molecular weight excluding hydrogens is 340 g/mol. The molecule has 0 radical (unpaired) electrons. The van der Waals surface area contributed by atoms with Gasteiger partial charge in [0.15, 0.2) is 0 Å². The molecule has 0 bridgehead atoms. The Balaban J connectivity index is 1.78. The van der Waals surface area contributed by atoms with Crippen molar-refractivity contribution in [2.75, 3.05) is 0 Å². The Kier molecular flexibility index (Phi) is 5.84. The maximum absolute atomic E-state index is 12.6. The standard InChI is InChI=1S/C22H20N2O3/c1-16-9-11-18(12-10-16)21(25)24-20(14-17-6-3-2-4-7-17)22(26)23-15-19-8-5-13-27-19/h2-14H,15H2,1H3,(H,23,26)(H,24,25)/b20-14-. The smallest absolute Gasteiger partial charge is 0.268 e. The summed E-state index contributed by atoms with van der Waals surface area (Å²) < 4.78 is 5.22.